The van der Waals surface area contributed by atoms with Crippen molar-refractivity contribution in [1.29, 1.82) is 0 Å². The van der Waals surface area contributed by atoms with Crippen LogP contribution in [-0.4, -0.2) is 24.9 Å². The minimum Gasteiger partial charge on any atom is -0.489 e. The molecule has 0 spiro atoms. The van der Waals surface area contributed by atoms with Crippen LogP contribution in [0, 0.1) is 0 Å². The second kappa shape index (κ2) is 12.2. The Hall–Kier alpha value is -4.58. The number of nitrogens with one attached hydrogen (secondary N) is 2. The number of ether oxygens (including phenoxy) is 1. The number of hydrogen-bond donors (Lipinski definition) is 2. The van der Waals surface area contributed by atoms with Crippen LogP contribution in [0.15, 0.2) is 109 Å². The van der Waals surface area contributed by atoms with E-state index in [9.17, 15) is 9.59 Å². The van der Waals surface area contributed by atoms with Crippen molar-refractivity contribution in [3.05, 3.63) is 120 Å². The summed E-state index contributed by atoms with van der Waals surface area (Å²) < 4.78 is 5.83. The Morgan fingerprint density at radius 1 is 0.778 bits per heavy atom. The van der Waals surface area contributed by atoms with Crippen LogP contribution in [0.3, 0.4) is 0 Å². The highest BCUT2D eigenvalue weighted by molar-refractivity contribution is 6.06. The average molecular weight is 480 g/mol. The summed E-state index contributed by atoms with van der Waals surface area (Å²) in [5, 5.41) is 5.98. The van der Waals surface area contributed by atoms with Crippen LogP contribution < -0.4 is 20.3 Å². The molecule has 0 aromatic heterocycles. The first-order chi connectivity index (χ1) is 17.6. The Morgan fingerprint density at radius 2 is 1.47 bits per heavy atom. The third-order valence-electron chi connectivity index (χ3n) is 5.58. The Labute approximate surface area is 211 Å². The van der Waals surface area contributed by atoms with E-state index in [1.807, 2.05) is 85.8 Å². The number of carbonyl (C=O) groups excluding carboxylic acids is 2. The summed E-state index contributed by atoms with van der Waals surface area (Å²) in [6, 6.07) is 34.0. The van der Waals surface area contributed by atoms with Gasteiger partial charge < -0.3 is 20.3 Å². The quantitative estimate of drug-likeness (QED) is 0.293. The number of benzene rings is 4. The lowest BCUT2D eigenvalue weighted by Gasteiger charge is -2.21. The van der Waals surface area contributed by atoms with E-state index in [1.165, 1.54) is 0 Å². The van der Waals surface area contributed by atoms with Gasteiger partial charge in [-0.25, -0.2) is 0 Å². The lowest BCUT2D eigenvalue weighted by Crippen LogP contribution is -2.30. The van der Waals surface area contributed by atoms with Gasteiger partial charge in [0.25, 0.3) is 5.91 Å². The van der Waals surface area contributed by atoms with Crippen molar-refractivity contribution >= 4 is 28.9 Å². The van der Waals surface area contributed by atoms with E-state index >= 15 is 0 Å². The summed E-state index contributed by atoms with van der Waals surface area (Å²) in [7, 11) is 0. The number of nitrogens with zero attached hydrogens (tertiary/aromatic N) is 1. The maximum atomic E-state index is 12.9. The lowest BCUT2D eigenvalue weighted by atomic mass is 10.1. The van der Waals surface area contributed by atoms with E-state index in [2.05, 4.69) is 10.6 Å². The summed E-state index contributed by atoms with van der Waals surface area (Å²) in [4.78, 5) is 27.1. The highest BCUT2D eigenvalue weighted by Gasteiger charge is 2.15. The minimum absolute atomic E-state index is 0.0673. The van der Waals surface area contributed by atoms with Gasteiger partial charge in [-0.1, -0.05) is 54.6 Å². The first-order valence-corrected chi connectivity index (χ1v) is 11.9. The summed E-state index contributed by atoms with van der Waals surface area (Å²) >= 11 is 0. The summed E-state index contributed by atoms with van der Waals surface area (Å²) in [6.45, 7) is 3.07. The van der Waals surface area contributed by atoms with Gasteiger partial charge in [-0.05, 0) is 61.0 Å². The molecule has 36 heavy (non-hydrogen) atoms. The molecule has 0 saturated carbocycles. The molecule has 0 radical (unpaired) electrons. The first-order valence-electron chi connectivity index (χ1n) is 11.9. The van der Waals surface area contributed by atoms with Crippen molar-refractivity contribution < 1.29 is 14.3 Å². The molecule has 6 heteroatoms. The largest absolute Gasteiger partial charge is 0.489 e. The van der Waals surface area contributed by atoms with E-state index in [0.29, 0.717) is 30.2 Å². The fourth-order valence-electron chi connectivity index (χ4n) is 3.73. The maximum absolute atomic E-state index is 12.9. The fraction of sp³-hybridized carbons (Fsp3) is 0.133. The number of amides is 2. The molecule has 0 saturated heterocycles. The van der Waals surface area contributed by atoms with Gasteiger partial charge in [0.2, 0.25) is 5.91 Å². The minimum atomic E-state index is -0.184. The second-order valence-electron chi connectivity index (χ2n) is 8.17. The molecular weight excluding hydrogens is 450 g/mol. The predicted molar refractivity (Wildman–Crippen MR) is 145 cm³/mol. The first kappa shape index (κ1) is 24.5. The molecule has 4 aromatic rings. The van der Waals surface area contributed by atoms with Crippen LogP contribution >= 0.6 is 0 Å². The molecule has 4 aromatic carbocycles. The molecule has 182 valence electrons. The summed E-state index contributed by atoms with van der Waals surface area (Å²) in [6.07, 6.45) is 0. The van der Waals surface area contributed by atoms with E-state index in [-0.39, 0.29) is 18.4 Å². The van der Waals surface area contributed by atoms with E-state index in [1.54, 1.807) is 35.2 Å². The van der Waals surface area contributed by atoms with Crippen LogP contribution in [0.1, 0.15) is 22.8 Å². The van der Waals surface area contributed by atoms with E-state index in [0.717, 1.165) is 16.9 Å². The van der Waals surface area contributed by atoms with Crippen molar-refractivity contribution in [1.82, 2.24) is 0 Å². The Kier molecular flexibility index (Phi) is 8.33. The molecule has 0 aliphatic rings. The molecule has 6 nitrogen and oxygen atoms in total. The molecular formula is C30H29N3O3. The van der Waals surface area contributed by atoms with Gasteiger partial charge in [0.15, 0.2) is 0 Å². The van der Waals surface area contributed by atoms with Gasteiger partial charge >= 0.3 is 0 Å². The van der Waals surface area contributed by atoms with Crippen LogP contribution in [0.25, 0.3) is 0 Å². The van der Waals surface area contributed by atoms with Gasteiger partial charge in [-0.2, -0.15) is 0 Å². The standard InChI is InChI=1S/C30H29N3O3/c1-2-33(27-13-7-4-8-14-27)30(35)24-16-18-25(19-17-24)31-21-29(34)32-26-12-9-15-28(20-26)36-22-23-10-5-3-6-11-23/h3-20,31H,2,21-22H2,1H3,(H,32,34). The van der Waals surface area contributed by atoms with Crippen LogP contribution in [0.4, 0.5) is 17.1 Å². The number of anilines is 3. The molecule has 0 aliphatic carbocycles. The van der Waals surface area contributed by atoms with Crippen molar-refractivity contribution in [3.63, 3.8) is 0 Å². The Morgan fingerprint density at radius 3 is 2.17 bits per heavy atom. The molecule has 0 heterocycles. The van der Waals surface area contributed by atoms with Gasteiger partial charge in [0.1, 0.15) is 12.4 Å². The van der Waals surface area contributed by atoms with Crippen LogP contribution in [0.5, 0.6) is 5.75 Å². The highest BCUT2D eigenvalue weighted by atomic mass is 16.5. The molecule has 0 fully saturated rings. The SMILES string of the molecule is CCN(C(=O)c1ccc(NCC(=O)Nc2cccc(OCc3ccccc3)c2)cc1)c1ccccc1. The van der Waals surface area contributed by atoms with Crippen molar-refractivity contribution in [2.45, 2.75) is 13.5 Å². The normalized spacial score (nSPS) is 10.4. The number of carbonyl (C=O) groups is 2. The summed E-state index contributed by atoms with van der Waals surface area (Å²) in [5.41, 5.74) is 3.94. The molecule has 2 N–H and O–H groups in total. The van der Waals surface area contributed by atoms with Gasteiger partial charge in [-0.3, -0.25) is 9.59 Å². The van der Waals surface area contributed by atoms with Crippen molar-refractivity contribution in [3.8, 4) is 5.75 Å². The molecule has 0 unspecified atom stereocenters. The molecule has 0 aliphatic heterocycles. The summed E-state index contributed by atoms with van der Waals surface area (Å²) in [5.74, 6) is 0.431. The van der Waals surface area contributed by atoms with Gasteiger partial charge in [-0.15, -0.1) is 0 Å². The Bertz CT molecular complexity index is 1280. The number of hydrogen-bond acceptors (Lipinski definition) is 4. The van der Waals surface area contributed by atoms with E-state index in [4.69, 9.17) is 4.74 Å². The van der Waals surface area contributed by atoms with Crippen molar-refractivity contribution in [2.24, 2.45) is 0 Å². The fourth-order valence-corrected chi connectivity index (χ4v) is 3.73. The zero-order chi connectivity index (χ0) is 25.2. The second-order valence-corrected chi connectivity index (χ2v) is 8.17. The smallest absolute Gasteiger partial charge is 0.258 e. The maximum Gasteiger partial charge on any atom is 0.258 e. The lowest BCUT2D eigenvalue weighted by molar-refractivity contribution is -0.114. The molecule has 0 bridgehead atoms. The highest BCUT2D eigenvalue weighted by Crippen LogP contribution is 2.20. The Balaban J connectivity index is 1.28. The average Bonchev–Trinajstić information content (AvgIpc) is 2.93. The number of para-hydroxylation sites is 1. The molecule has 0 atom stereocenters. The van der Waals surface area contributed by atoms with Gasteiger partial charge in [0.05, 0.1) is 6.54 Å². The van der Waals surface area contributed by atoms with Crippen LogP contribution in [0.2, 0.25) is 0 Å². The third kappa shape index (κ3) is 6.73. The topological polar surface area (TPSA) is 70.7 Å². The zero-order valence-corrected chi connectivity index (χ0v) is 20.2. The zero-order valence-electron chi connectivity index (χ0n) is 20.2. The van der Waals surface area contributed by atoms with Gasteiger partial charge in [0, 0.05) is 35.2 Å². The van der Waals surface area contributed by atoms with Crippen LogP contribution in [-0.2, 0) is 11.4 Å². The predicted octanol–water partition coefficient (Wildman–Crippen LogP) is 5.98. The monoisotopic (exact) mass is 479 g/mol. The van der Waals surface area contributed by atoms with Crippen molar-refractivity contribution in [2.75, 3.05) is 28.6 Å². The van der Waals surface area contributed by atoms with E-state index < -0.39 is 0 Å². The third-order valence-corrected chi connectivity index (χ3v) is 5.58. The molecule has 2 amide bonds. The number of rotatable bonds is 10. The molecule has 4 rings (SSSR count).